The highest BCUT2D eigenvalue weighted by Gasteiger charge is 2.15. The van der Waals surface area contributed by atoms with Crippen molar-refractivity contribution >= 4 is 39.0 Å². The summed E-state index contributed by atoms with van der Waals surface area (Å²) in [6, 6.07) is 1.87. The van der Waals surface area contributed by atoms with Gasteiger partial charge in [0.25, 0.3) is 0 Å². The molecule has 0 aliphatic heterocycles. The average molecular weight is 272 g/mol. The van der Waals surface area contributed by atoms with Gasteiger partial charge in [-0.1, -0.05) is 13.8 Å². The van der Waals surface area contributed by atoms with Gasteiger partial charge in [0.2, 0.25) is 5.28 Å². The van der Waals surface area contributed by atoms with Crippen LogP contribution in [0.25, 0.3) is 10.2 Å². The van der Waals surface area contributed by atoms with Crippen molar-refractivity contribution in [2.75, 3.05) is 11.9 Å². The first kappa shape index (κ1) is 12.5. The van der Waals surface area contributed by atoms with E-state index >= 15 is 0 Å². The van der Waals surface area contributed by atoms with E-state index in [2.05, 4.69) is 15.3 Å². The van der Waals surface area contributed by atoms with Crippen LogP contribution in [-0.4, -0.2) is 27.7 Å². The standard InChI is InChI=1S/C11H14ClN3OS/c1-6(2)8(5-16)13-10-9-7(3-4-17-9)14-11(12)15-10/h3-4,6,8,16H,5H2,1-2H3,(H,13,14,15)/t8-/m1/s1. The average Bonchev–Trinajstić information content (AvgIpc) is 2.72. The lowest BCUT2D eigenvalue weighted by Gasteiger charge is -2.20. The molecule has 2 rings (SSSR count). The summed E-state index contributed by atoms with van der Waals surface area (Å²) in [7, 11) is 0. The zero-order chi connectivity index (χ0) is 12.4. The van der Waals surface area contributed by atoms with Gasteiger partial charge in [-0.25, -0.2) is 4.98 Å². The van der Waals surface area contributed by atoms with Crippen molar-refractivity contribution in [3.05, 3.63) is 16.7 Å². The quantitative estimate of drug-likeness (QED) is 0.840. The largest absolute Gasteiger partial charge is 0.394 e. The zero-order valence-electron chi connectivity index (χ0n) is 9.64. The second-order valence-electron chi connectivity index (χ2n) is 4.15. The van der Waals surface area contributed by atoms with E-state index in [0.717, 1.165) is 10.2 Å². The number of rotatable bonds is 4. The van der Waals surface area contributed by atoms with Crippen molar-refractivity contribution in [3.63, 3.8) is 0 Å². The number of halogens is 1. The topological polar surface area (TPSA) is 58.0 Å². The number of fused-ring (bicyclic) bond motifs is 1. The first-order valence-corrected chi connectivity index (χ1v) is 6.65. The monoisotopic (exact) mass is 271 g/mol. The number of hydrogen-bond donors (Lipinski definition) is 2. The number of aromatic nitrogens is 2. The summed E-state index contributed by atoms with van der Waals surface area (Å²) in [5.74, 6) is 1.01. The fourth-order valence-electron chi connectivity index (χ4n) is 1.53. The molecule has 1 atom stereocenters. The first-order chi connectivity index (χ1) is 8.11. The lowest BCUT2D eigenvalue weighted by molar-refractivity contribution is 0.249. The molecule has 0 unspecified atom stereocenters. The van der Waals surface area contributed by atoms with Gasteiger partial charge in [0.1, 0.15) is 5.82 Å². The molecule has 2 heterocycles. The number of aliphatic hydroxyl groups is 1. The highest BCUT2D eigenvalue weighted by atomic mass is 35.5. The Morgan fingerprint density at radius 2 is 2.24 bits per heavy atom. The van der Waals surface area contributed by atoms with E-state index in [1.165, 1.54) is 0 Å². The summed E-state index contributed by atoms with van der Waals surface area (Å²) in [5, 5.41) is 14.7. The number of aliphatic hydroxyl groups excluding tert-OH is 1. The van der Waals surface area contributed by atoms with Gasteiger partial charge in [-0.2, -0.15) is 4.98 Å². The molecule has 6 heteroatoms. The van der Waals surface area contributed by atoms with E-state index in [1.54, 1.807) is 11.3 Å². The molecule has 92 valence electrons. The smallest absolute Gasteiger partial charge is 0.224 e. The molecule has 2 aromatic rings. The van der Waals surface area contributed by atoms with Gasteiger partial charge >= 0.3 is 0 Å². The Kier molecular flexibility index (Phi) is 3.81. The molecular formula is C11H14ClN3OS. The van der Waals surface area contributed by atoms with E-state index in [4.69, 9.17) is 11.6 Å². The van der Waals surface area contributed by atoms with Gasteiger partial charge in [0.05, 0.1) is 22.9 Å². The molecule has 0 bridgehead atoms. The first-order valence-electron chi connectivity index (χ1n) is 5.40. The maximum Gasteiger partial charge on any atom is 0.224 e. The lowest BCUT2D eigenvalue weighted by Crippen LogP contribution is -2.29. The minimum atomic E-state index is -0.0359. The fraction of sp³-hybridized carbons (Fsp3) is 0.455. The summed E-state index contributed by atoms with van der Waals surface area (Å²) in [6.07, 6.45) is 0. The van der Waals surface area contributed by atoms with Crippen molar-refractivity contribution in [2.24, 2.45) is 5.92 Å². The summed E-state index contributed by atoms with van der Waals surface area (Å²) in [6.45, 7) is 4.15. The third kappa shape index (κ3) is 2.68. The van der Waals surface area contributed by atoms with Crippen molar-refractivity contribution in [1.29, 1.82) is 0 Å². The number of nitrogens with zero attached hydrogens (tertiary/aromatic N) is 2. The highest BCUT2D eigenvalue weighted by Crippen LogP contribution is 2.28. The molecule has 0 saturated carbocycles. The molecule has 2 aromatic heterocycles. The number of anilines is 1. The van der Waals surface area contributed by atoms with Crippen LogP contribution in [-0.2, 0) is 0 Å². The zero-order valence-corrected chi connectivity index (χ0v) is 11.2. The van der Waals surface area contributed by atoms with Crippen LogP contribution < -0.4 is 5.32 Å². The molecule has 0 aliphatic rings. The van der Waals surface area contributed by atoms with Gasteiger partial charge in [-0.05, 0) is 29.0 Å². The maximum atomic E-state index is 9.31. The summed E-state index contributed by atoms with van der Waals surface area (Å²) < 4.78 is 0.966. The molecule has 0 aliphatic carbocycles. The SMILES string of the molecule is CC(C)[C@@H](CO)Nc1nc(Cl)nc2ccsc12. The van der Waals surface area contributed by atoms with Crippen LogP contribution in [0, 0.1) is 5.92 Å². The second-order valence-corrected chi connectivity index (χ2v) is 5.41. The van der Waals surface area contributed by atoms with Gasteiger partial charge in [-0.3, -0.25) is 0 Å². The molecule has 0 saturated heterocycles. The molecule has 2 N–H and O–H groups in total. The molecule has 0 aromatic carbocycles. The number of nitrogens with one attached hydrogen (secondary N) is 1. The van der Waals surface area contributed by atoms with Crippen molar-refractivity contribution in [3.8, 4) is 0 Å². The van der Waals surface area contributed by atoms with E-state index in [-0.39, 0.29) is 17.9 Å². The van der Waals surface area contributed by atoms with E-state index in [9.17, 15) is 5.11 Å². The molecule has 0 spiro atoms. The predicted molar refractivity (Wildman–Crippen MR) is 71.8 cm³/mol. The highest BCUT2D eigenvalue weighted by molar-refractivity contribution is 7.17. The third-order valence-electron chi connectivity index (χ3n) is 2.60. The van der Waals surface area contributed by atoms with Crippen LogP contribution in [0.3, 0.4) is 0 Å². The molecule has 0 fully saturated rings. The molecule has 17 heavy (non-hydrogen) atoms. The van der Waals surface area contributed by atoms with Crippen molar-refractivity contribution in [2.45, 2.75) is 19.9 Å². The third-order valence-corrected chi connectivity index (χ3v) is 3.68. The Labute approximate surface area is 109 Å². The van der Waals surface area contributed by atoms with E-state index in [0.29, 0.717) is 11.7 Å². The van der Waals surface area contributed by atoms with Gasteiger partial charge in [-0.15, -0.1) is 11.3 Å². The van der Waals surface area contributed by atoms with Gasteiger partial charge in [0.15, 0.2) is 0 Å². The van der Waals surface area contributed by atoms with Gasteiger partial charge < -0.3 is 10.4 Å². The predicted octanol–water partition coefficient (Wildman–Crippen LogP) is 2.77. The van der Waals surface area contributed by atoms with E-state index < -0.39 is 0 Å². The fourth-order valence-corrected chi connectivity index (χ4v) is 2.49. The van der Waals surface area contributed by atoms with E-state index in [1.807, 2.05) is 25.3 Å². The molecule has 0 radical (unpaired) electrons. The summed E-state index contributed by atoms with van der Waals surface area (Å²) in [4.78, 5) is 8.32. The van der Waals surface area contributed by atoms with Crippen molar-refractivity contribution < 1.29 is 5.11 Å². The lowest BCUT2D eigenvalue weighted by atomic mass is 10.1. The maximum absolute atomic E-state index is 9.31. The normalized spacial score (nSPS) is 13.2. The Bertz CT molecular complexity index is 514. The van der Waals surface area contributed by atoms with Crippen LogP contribution in [0.15, 0.2) is 11.4 Å². The Morgan fingerprint density at radius 3 is 2.88 bits per heavy atom. The van der Waals surface area contributed by atoms with Crippen LogP contribution in [0.1, 0.15) is 13.8 Å². The minimum Gasteiger partial charge on any atom is -0.394 e. The Morgan fingerprint density at radius 1 is 1.47 bits per heavy atom. The molecule has 4 nitrogen and oxygen atoms in total. The Hall–Kier alpha value is -0.910. The minimum absolute atomic E-state index is 0.0359. The van der Waals surface area contributed by atoms with Gasteiger partial charge in [0, 0.05) is 0 Å². The van der Waals surface area contributed by atoms with Crippen LogP contribution in [0.2, 0.25) is 5.28 Å². The van der Waals surface area contributed by atoms with Crippen LogP contribution >= 0.6 is 22.9 Å². The summed E-state index contributed by atoms with van der Waals surface area (Å²) >= 11 is 7.43. The second kappa shape index (κ2) is 5.16. The molecular weight excluding hydrogens is 258 g/mol. The van der Waals surface area contributed by atoms with Crippen LogP contribution in [0.5, 0.6) is 0 Å². The van der Waals surface area contributed by atoms with Crippen LogP contribution in [0.4, 0.5) is 5.82 Å². The van der Waals surface area contributed by atoms with Crippen molar-refractivity contribution in [1.82, 2.24) is 9.97 Å². The summed E-state index contributed by atoms with van der Waals surface area (Å²) in [5.41, 5.74) is 0.831. The molecule has 0 amide bonds. The number of thiophene rings is 1. The Balaban J connectivity index is 2.37. The number of hydrogen-bond acceptors (Lipinski definition) is 5.